The van der Waals surface area contributed by atoms with Crippen LogP contribution in [0.2, 0.25) is 0 Å². The highest BCUT2D eigenvalue weighted by Crippen LogP contribution is 2.30. The highest BCUT2D eigenvalue weighted by molar-refractivity contribution is 7.89. The van der Waals surface area contributed by atoms with Crippen molar-refractivity contribution in [3.63, 3.8) is 0 Å². The first-order valence-corrected chi connectivity index (χ1v) is 10.2. The fourth-order valence-corrected chi connectivity index (χ4v) is 3.35. The molecule has 1 aliphatic rings. The lowest BCUT2D eigenvalue weighted by atomic mass is 10.1. The Hall–Kier alpha value is -2.91. The molecule has 0 aliphatic carbocycles. The summed E-state index contributed by atoms with van der Waals surface area (Å²) in [6.45, 7) is 2.26. The molecule has 2 aromatic carbocycles. The molecule has 28 heavy (non-hydrogen) atoms. The van der Waals surface area contributed by atoms with Crippen molar-refractivity contribution in [2.45, 2.75) is 30.8 Å². The Morgan fingerprint density at radius 1 is 1.21 bits per heavy atom. The molecule has 8 nitrogen and oxygen atoms in total. The van der Waals surface area contributed by atoms with Crippen molar-refractivity contribution in [1.82, 2.24) is 5.32 Å². The van der Waals surface area contributed by atoms with E-state index in [1.807, 2.05) is 19.1 Å². The Kier molecular flexibility index (Phi) is 5.66. The van der Waals surface area contributed by atoms with Crippen molar-refractivity contribution in [2.24, 2.45) is 5.14 Å². The summed E-state index contributed by atoms with van der Waals surface area (Å²) in [4.78, 5) is 24.3. The van der Waals surface area contributed by atoms with Crippen LogP contribution in [0.4, 0.5) is 5.69 Å². The Labute approximate surface area is 163 Å². The predicted octanol–water partition coefficient (Wildman–Crippen LogP) is 1.09. The summed E-state index contributed by atoms with van der Waals surface area (Å²) < 4.78 is 28.1. The number of carbonyl (C=O) groups excluding carboxylic acids is 2. The maximum Gasteiger partial charge on any atom is 0.266 e. The topological polar surface area (TPSA) is 128 Å². The monoisotopic (exact) mass is 403 g/mol. The number of sulfonamides is 1. The molecule has 0 spiro atoms. The van der Waals surface area contributed by atoms with Crippen molar-refractivity contribution in [1.29, 1.82) is 0 Å². The molecular weight excluding hydrogens is 382 g/mol. The van der Waals surface area contributed by atoms with Crippen LogP contribution in [0.15, 0.2) is 47.4 Å². The van der Waals surface area contributed by atoms with Crippen LogP contribution in [-0.2, 0) is 26.0 Å². The maximum atomic E-state index is 12.1. The van der Waals surface area contributed by atoms with Crippen molar-refractivity contribution in [2.75, 3.05) is 11.9 Å². The number of benzene rings is 2. The molecule has 148 valence electrons. The minimum absolute atomic E-state index is 0.0382. The average molecular weight is 403 g/mol. The lowest BCUT2D eigenvalue weighted by Gasteiger charge is -2.25. The minimum atomic E-state index is -3.72. The van der Waals surface area contributed by atoms with Crippen molar-refractivity contribution in [3.05, 3.63) is 53.6 Å². The molecule has 0 bridgehead atoms. The van der Waals surface area contributed by atoms with E-state index in [0.717, 1.165) is 11.1 Å². The van der Waals surface area contributed by atoms with E-state index in [1.54, 1.807) is 18.2 Å². The minimum Gasteiger partial charge on any atom is -0.478 e. The number of carbonyl (C=O) groups is 2. The molecule has 1 heterocycles. The zero-order valence-electron chi connectivity index (χ0n) is 15.3. The third kappa shape index (κ3) is 4.87. The van der Waals surface area contributed by atoms with Crippen LogP contribution in [0, 0.1) is 6.92 Å². The van der Waals surface area contributed by atoms with Gasteiger partial charge in [0.15, 0.2) is 6.10 Å². The number of amides is 2. The lowest BCUT2D eigenvalue weighted by molar-refractivity contribution is -0.130. The summed E-state index contributed by atoms with van der Waals surface area (Å²) in [5, 5.41) is 10.5. The number of rotatable bonds is 6. The van der Waals surface area contributed by atoms with Gasteiger partial charge in [-0.05, 0) is 48.7 Å². The predicted molar refractivity (Wildman–Crippen MR) is 103 cm³/mol. The van der Waals surface area contributed by atoms with E-state index in [9.17, 15) is 18.0 Å². The van der Waals surface area contributed by atoms with E-state index < -0.39 is 16.1 Å². The van der Waals surface area contributed by atoms with Crippen LogP contribution in [0.1, 0.15) is 17.5 Å². The molecule has 4 N–H and O–H groups in total. The SMILES string of the molecule is Cc1ccc2c(c1)NC(=O)C(CC(=O)NCCc1ccc(S(N)(=O)=O)cc1)O2. The van der Waals surface area contributed by atoms with E-state index in [2.05, 4.69) is 10.6 Å². The second kappa shape index (κ2) is 7.99. The second-order valence-electron chi connectivity index (χ2n) is 6.59. The van der Waals surface area contributed by atoms with Gasteiger partial charge in [0.05, 0.1) is 17.0 Å². The van der Waals surface area contributed by atoms with Gasteiger partial charge in [-0.25, -0.2) is 13.6 Å². The second-order valence-corrected chi connectivity index (χ2v) is 8.15. The standard InChI is InChI=1S/C19H21N3O5S/c1-12-2-7-16-15(10-12)22-19(24)17(27-16)11-18(23)21-9-8-13-3-5-14(6-4-13)28(20,25)26/h2-7,10,17H,8-9,11H2,1H3,(H,21,23)(H,22,24)(H2,20,25,26). The van der Waals surface area contributed by atoms with Crippen LogP contribution in [-0.4, -0.2) is 32.9 Å². The van der Waals surface area contributed by atoms with Crippen molar-refractivity contribution >= 4 is 27.5 Å². The summed E-state index contributed by atoms with van der Waals surface area (Å²) in [5.74, 6) is -0.123. The van der Waals surface area contributed by atoms with Gasteiger partial charge in [0.2, 0.25) is 15.9 Å². The molecule has 3 rings (SSSR count). The number of fused-ring (bicyclic) bond motifs is 1. The third-order valence-corrected chi connectivity index (χ3v) is 5.24. The molecule has 1 aliphatic heterocycles. The highest BCUT2D eigenvalue weighted by atomic mass is 32.2. The molecular formula is C19H21N3O5S. The Morgan fingerprint density at radius 3 is 2.61 bits per heavy atom. The lowest BCUT2D eigenvalue weighted by Crippen LogP contribution is -2.41. The molecule has 1 atom stereocenters. The van der Waals surface area contributed by atoms with E-state index in [4.69, 9.17) is 9.88 Å². The molecule has 9 heteroatoms. The van der Waals surface area contributed by atoms with Crippen LogP contribution in [0.25, 0.3) is 0 Å². The van der Waals surface area contributed by atoms with E-state index >= 15 is 0 Å². The van der Waals surface area contributed by atoms with Crippen LogP contribution < -0.4 is 20.5 Å². The molecule has 0 aromatic heterocycles. The number of hydrogen-bond donors (Lipinski definition) is 3. The van der Waals surface area contributed by atoms with Gasteiger partial charge in [0, 0.05) is 6.54 Å². The number of primary sulfonamides is 1. The smallest absolute Gasteiger partial charge is 0.266 e. The summed E-state index contributed by atoms with van der Waals surface area (Å²) in [6, 6.07) is 11.6. The van der Waals surface area contributed by atoms with Gasteiger partial charge < -0.3 is 15.4 Å². The van der Waals surface area contributed by atoms with Crippen LogP contribution in [0.3, 0.4) is 0 Å². The quantitative estimate of drug-likeness (QED) is 0.665. The summed E-state index contributed by atoms with van der Waals surface area (Å²) >= 11 is 0. The first kappa shape index (κ1) is 19.8. The van der Waals surface area contributed by atoms with Crippen LogP contribution in [0.5, 0.6) is 5.75 Å². The van der Waals surface area contributed by atoms with Gasteiger partial charge in [-0.1, -0.05) is 18.2 Å². The third-order valence-electron chi connectivity index (χ3n) is 4.31. The van der Waals surface area contributed by atoms with E-state index in [1.165, 1.54) is 12.1 Å². The number of hydrogen-bond acceptors (Lipinski definition) is 5. The van der Waals surface area contributed by atoms with Gasteiger partial charge in [0.1, 0.15) is 5.75 Å². The first-order chi connectivity index (χ1) is 13.2. The van der Waals surface area contributed by atoms with Crippen molar-refractivity contribution in [3.8, 4) is 5.75 Å². The zero-order chi connectivity index (χ0) is 20.3. The number of ether oxygens (including phenoxy) is 1. The van der Waals surface area contributed by atoms with Gasteiger partial charge in [-0.2, -0.15) is 0 Å². The van der Waals surface area contributed by atoms with Gasteiger partial charge in [-0.3, -0.25) is 9.59 Å². The Morgan fingerprint density at radius 2 is 1.93 bits per heavy atom. The molecule has 2 aromatic rings. The zero-order valence-corrected chi connectivity index (χ0v) is 16.1. The van der Waals surface area contributed by atoms with E-state index in [-0.39, 0.29) is 23.1 Å². The van der Waals surface area contributed by atoms with Crippen LogP contribution >= 0.6 is 0 Å². The Balaban J connectivity index is 1.49. The highest BCUT2D eigenvalue weighted by Gasteiger charge is 2.29. The molecule has 0 saturated heterocycles. The molecule has 0 fully saturated rings. The molecule has 1 unspecified atom stereocenters. The average Bonchev–Trinajstić information content (AvgIpc) is 2.62. The molecule has 0 radical (unpaired) electrons. The van der Waals surface area contributed by atoms with Gasteiger partial charge >= 0.3 is 0 Å². The van der Waals surface area contributed by atoms with Gasteiger partial charge in [-0.15, -0.1) is 0 Å². The van der Waals surface area contributed by atoms with Gasteiger partial charge in [0.25, 0.3) is 5.91 Å². The van der Waals surface area contributed by atoms with Crippen molar-refractivity contribution < 1.29 is 22.7 Å². The summed E-state index contributed by atoms with van der Waals surface area (Å²) in [7, 11) is -3.72. The Bertz CT molecular complexity index is 1000. The fraction of sp³-hybridized carbons (Fsp3) is 0.263. The molecule has 0 saturated carbocycles. The normalized spacial score (nSPS) is 15.9. The number of nitrogens with two attached hydrogens (primary N) is 1. The summed E-state index contributed by atoms with van der Waals surface area (Å²) in [6.07, 6.45) is -0.468. The van der Waals surface area contributed by atoms with E-state index in [0.29, 0.717) is 24.4 Å². The summed E-state index contributed by atoms with van der Waals surface area (Å²) in [5.41, 5.74) is 2.45. The fourth-order valence-electron chi connectivity index (χ4n) is 2.83. The number of nitrogens with one attached hydrogen (secondary N) is 2. The largest absolute Gasteiger partial charge is 0.478 e. The molecule has 2 amide bonds. The number of anilines is 1. The maximum absolute atomic E-state index is 12.1. The number of aryl methyl sites for hydroxylation is 1. The first-order valence-electron chi connectivity index (χ1n) is 8.69.